The second-order valence-electron chi connectivity index (χ2n) is 13.9. The average molecular weight is 583 g/mol. The number of aliphatic hydroxyl groups excluding tert-OH is 1. The van der Waals surface area contributed by atoms with Crippen LogP contribution in [-0.2, 0) is 16.1 Å². The van der Waals surface area contributed by atoms with Gasteiger partial charge in [0, 0.05) is 5.56 Å². The van der Waals surface area contributed by atoms with Gasteiger partial charge in [-0.3, -0.25) is 0 Å². The molecule has 43 heavy (non-hydrogen) atoms. The molecular weight excluding hydrogens is 528 g/mol. The topological polar surface area (TPSA) is 46.5 Å². The van der Waals surface area contributed by atoms with E-state index in [2.05, 4.69) is 107 Å². The molecule has 0 aliphatic carbocycles. The molecule has 3 nitrogen and oxygen atoms in total. The molecule has 0 aromatic heterocycles. The normalized spacial score (nSPS) is 12.7. The van der Waals surface area contributed by atoms with Gasteiger partial charge in [0.1, 0.15) is 17.9 Å². The van der Waals surface area contributed by atoms with E-state index < -0.39 is 5.97 Å². The van der Waals surface area contributed by atoms with Gasteiger partial charge in [0.05, 0.1) is 0 Å². The van der Waals surface area contributed by atoms with Crippen molar-refractivity contribution >= 4 is 17.3 Å². The van der Waals surface area contributed by atoms with Crippen LogP contribution in [-0.4, -0.2) is 11.1 Å². The molecule has 0 spiro atoms. The molecule has 0 heterocycles. The molecule has 0 saturated carbocycles. The third-order valence-electron chi connectivity index (χ3n) is 8.41. The average Bonchev–Trinajstić information content (AvgIpc) is 2.95. The maximum absolute atomic E-state index is 14.4. The fourth-order valence-corrected chi connectivity index (χ4v) is 5.71. The van der Waals surface area contributed by atoms with E-state index in [-0.39, 0.29) is 41.6 Å². The highest BCUT2D eigenvalue weighted by Gasteiger charge is 2.31. The highest BCUT2D eigenvalue weighted by Crippen LogP contribution is 2.43. The van der Waals surface area contributed by atoms with E-state index in [4.69, 9.17) is 4.74 Å². The van der Waals surface area contributed by atoms with E-state index in [9.17, 15) is 9.90 Å². The first-order chi connectivity index (χ1) is 20.1. The summed E-state index contributed by atoms with van der Waals surface area (Å²) in [6.07, 6.45) is 0. The Hall–Kier alpha value is -3.33. The van der Waals surface area contributed by atoms with Gasteiger partial charge in [0.15, 0.2) is 0 Å². The van der Waals surface area contributed by atoms with Crippen molar-refractivity contribution in [2.75, 3.05) is 0 Å². The Labute approximate surface area is 261 Å². The van der Waals surface area contributed by atoms with Crippen molar-refractivity contribution in [3.05, 3.63) is 105 Å². The molecule has 1 N–H and O–H groups in total. The van der Waals surface area contributed by atoms with Crippen LogP contribution < -0.4 is 0 Å². The zero-order valence-corrected chi connectivity index (χ0v) is 28.6. The number of aliphatic hydroxyl groups is 1. The maximum Gasteiger partial charge on any atom is 0.342 e. The van der Waals surface area contributed by atoms with Gasteiger partial charge < -0.3 is 9.84 Å². The number of rotatable bonds is 11. The molecule has 3 rings (SSSR count). The molecule has 0 radical (unpaired) electrons. The summed E-state index contributed by atoms with van der Waals surface area (Å²) in [5.41, 5.74) is 9.44. The van der Waals surface area contributed by atoms with Crippen LogP contribution >= 0.6 is 0 Å². The number of carbonyl (C=O) groups excluding carboxylic acids is 1. The van der Waals surface area contributed by atoms with Crippen LogP contribution in [0.4, 0.5) is 0 Å². The Kier molecular flexibility index (Phi) is 11.5. The molecular formula is C40H54O3. The molecule has 3 heteroatoms. The Morgan fingerprint density at radius 3 is 1.30 bits per heavy atom. The summed E-state index contributed by atoms with van der Waals surface area (Å²) >= 11 is 0. The first kappa shape index (κ1) is 34.2. The lowest BCUT2D eigenvalue weighted by atomic mass is 9.78. The molecule has 0 fully saturated rings. The van der Waals surface area contributed by atoms with Gasteiger partial charge in [-0.2, -0.15) is 0 Å². The van der Waals surface area contributed by atoms with Gasteiger partial charge in [0.2, 0.25) is 0 Å². The first-order valence-corrected chi connectivity index (χ1v) is 16.2. The molecule has 0 unspecified atom stereocenters. The predicted octanol–water partition coefficient (Wildman–Crippen LogP) is 11.6. The zero-order chi connectivity index (χ0) is 32.2. The minimum Gasteiger partial charge on any atom is -0.506 e. The molecule has 0 bridgehead atoms. The third kappa shape index (κ3) is 7.80. The Bertz CT molecular complexity index is 1380. The minimum absolute atomic E-state index is 0.0156. The predicted molar refractivity (Wildman–Crippen MR) is 183 cm³/mol. The maximum atomic E-state index is 14.4. The van der Waals surface area contributed by atoms with Crippen LogP contribution in [0.1, 0.15) is 169 Å². The van der Waals surface area contributed by atoms with Crippen LogP contribution in [0.15, 0.2) is 54.6 Å². The number of carbonyl (C=O) groups is 1. The first-order valence-electron chi connectivity index (χ1n) is 16.2. The van der Waals surface area contributed by atoms with E-state index in [1.807, 2.05) is 30.3 Å². The highest BCUT2D eigenvalue weighted by molar-refractivity contribution is 6.24. The second-order valence-corrected chi connectivity index (χ2v) is 13.9. The van der Waals surface area contributed by atoms with Gasteiger partial charge in [-0.1, -0.05) is 138 Å². The minimum atomic E-state index is -0.500. The molecule has 0 aliphatic rings. The molecule has 0 amide bonds. The summed E-state index contributed by atoms with van der Waals surface area (Å²) in [6.45, 7) is 26.2. The van der Waals surface area contributed by atoms with E-state index >= 15 is 0 Å². The summed E-state index contributed by atoms with van der Waals surface area (Å²) < 4.78 is 6.04. The van der Waals surface area contributed by atoms with E-state index in [1.54, 1.807) is 0 Å². The van der Waals surface area contributed by atoms with E-state index in [0.717, 1.165) is 38.9 Å². The Balaban J connectivity index is 2.50. The fraction of sp³-hybridized carbons (Fsp3) is 0.475. The van der Waals surface area contributed by atoms with Crippen molar-refractivity contribution in [1.82, 2.24) is 0 Å². The summed E-state index contributed by atoms with van der Waals surface area (Å²) in [7, 11) is 0. The van der Waals surface area contributed by atoms with Gasteiger partial charge in [-0.05, 0) is 80.0 Å². The lowest BCUT2D eigenvalue weighted by molar-refractivity contribution is -0.137. The van der Waals surface area contributed by atoms with Crippen LogP contribution in [0.2, 0.25) is 0 Å². The number of ether oxygens (including phenoxy) is 1. The smallest absolute Gasteiger partial charge is 0.342 e. The van der Waals surface area contributed by atoms with Crippen LogP contribution in [0.5, 0.6) is 0 Å². The van der Waals surface area contributed by atoms with Crippen molar-refractivity contribution in [2.24, 2.45) is 0 Å². The van der Waals surface area contributed by atoms with Gasteiger partial charge in [-0.15, -0.1) is 0 Å². The quantitative estimate of drug-likeness (QED) is 0.106. The monoisotopic (exact) mass is 582 g/mol. The molecule has 3 aromatic carbocycles. The number of esters is 1. The lowest BCUT2D eigenvalue weighted by Crippen LogP contribution is -2.16. The van der Waals surface area contributed by atoms with E-state index in [0.29, 0.717) is 11.8 Å². The Morgan fingerprint density at radius 2 is 0.953 bits per heavy atom. The highest BCUT2D eigenvalue weighted by atomic mass is 16.5. The van der Waals surface area contributed by atoms with Gasteiger partial charge in [0.25, 0.3) is 0 Å². The van der Waals surface area contributed by atoms with Crippen molar-refractivity contribution in [3.8, 4) is 0 Å². The van der Waals surface area contributed by atoms with Gasteiger partial charge in [-0.25, -0.2) is 4.79 Å². The molecule has 0 saturated heterocycles. The SMILES string of the molecule is CC(C)c1cc(C(C)C)c(/C(O)=C(\C(=O)OCc2ccccc2)c2c(C(C)C)cc(C(C)C)cc2C(C)C)c(C(C)C)c1. The Morgan fingerprint density at radius 1 is 0.581 bits per heavy atom. The number of hydrogen-bond donors (Lipinski definition) is 1. The van der Waals surface area contributed by atoms with Gasteiger partial charge >= 0.3 is 5.97 Å². The van der Waals surface area contributed by atoms with Crippen LogP contribution in [0.25, 0.3) is 11.3 Å². The third-order valence-corrected chi connectivity index (χ3v) is 8.41. The van der Waals surface area contributed by atoms with Crippen molar-refractivity contribution in [3.63, 3.8) is 0 Å². The molecule has 232 valence electrons. The van der Waals surface area contributed by atoms with E-state index in [1.165, 1.54) is 11.1 Å². The largest absolute Gasteiger partial charge is 0.506 e. The molecule has 0 atom stereocenters. The van der Waals surface area contributed by atoms with Crippen molar-refractivity contribution < 1.29 is 14.6 Å². The summed E-state index contributed by atoms with van der Waals surface area (Å²) in [5, 5.41) is 12.6. The summed E-state index contributed by atoms with van der Waals surface area (Å²) in [6, 6.07) is 18.6. The standard InChI is InChI=1S/C40H54O3/c1-23(2)30-18-32(25(5)6)36(33(19-30)26(7)8)38(40(42)43-22-29-16-14-13-15-17-29)39(41)37-34(27(9)10)20-31(24(3)4)21-35(37)28(11)12/h13-21,23-28,41H,22H2,1-12H3/b39-38+. The lowest BCUT2D eigenvalue weighted by Gasteiger charge is -2.27. The number of benzene rings is 3. The van der Waals surface area contributed by atoms with Crippen LogP contribution in [0, 0.1) is 0 Å². The fourth-order valence-electron chi connectivity index (χ4n) is 5.71. The summed E-state index contributed by atoms with van der Waals surface area (Å²) in [4.78, 5) is 14.4. The molecule has 3 aromatic rings. The molecule has 0 aliphatic heterocycles. The zero-order valence-electron chi connectivity index (χ0n) is 28.6. The van der Waals surface area contributed by atoms with Crippen LogP contribution in [0.3, 0.4) is 0 Å². The van der Waals surface area contributed by atoms with Crippen molar-refractivity contribution in [2.45, 2.75) is 125 Å². The van der Waals surface area contributed by atoms with Crippen molar-refractivity contribution in [1.29, 1.82) is 0 Å². The summed E-state index contributed by atoms with van der Waals surface area (Å²) in [5.74, 6) is 0.746. The second kappa shape index (κ2) is 14.4. The number of hydrogen-bond acceptors (Lipinski definition) is 3.